The molecule has 21 heavy (non-hydrogen) atoms. The van der Waals surface area contributed by atoms with Crippen molar-refractivity contribution in [2.75, 3.05) is 7.11 Å². The molecule has 3 rings (SSSR count). The molecule has 2 fully saturated rings. The van der Waals surface area contributed by atoms with Crippen molar-refractivity contribution in [3.8, 4) is 11.8 Å². The predicted octanol–water partition coefficient (Wildman–Crippen LogP) is 2.03. The summed E-state index contributed by atoms with van der Waals surface area (Å²) in [4.78, 5) is 36.3. The van der Waals surface area contributed by atoms with E-state index in [9.17, 15) is 14.4 Å². The maximum atomic E-state index is 10.8. The smallest absolute Gasteiger partial charge is 0.436 e. The van der Waals surface area contributed by atoms with Crippen molar-refractivity contribution in [3.05, 3.63) is 0 Å². The lowest BCUT2D eigenvalue weighted by atomic mass is 10.1. The minimum absolute atomic E-state index is 0.0792. The highest BCUT2D eigenvalue weighted by atomic mass is 16.8. The molecule has 1 aliphatic heterocycles. The van der Waals surface area contributed by atoms with Gasteiger partial charge in [0.1, 0.15) is 0 Å². The third-order valence-electron chi connectivity index (χ3n) is 3.81. The van der Waals surface area contributed by atoms with Crippen LogP contribution in [-0.4, -0.2) is 30.1 Å². The summed E-state index contributed by atoms with van der Waals surface area (Å²) in [5, 5.41) is 0.422. The lowest BCUT2D eigenvalue weighted by Gasteiger charge is -2.10. The van der Waals surface area contributed by atoms with Crippen LogP contribution < -0.4 is 0 Å². The highest BCUT2D eigenvalue weighted by molar-refractivity contribution is 6.01. The number of hydrogen-bond acceptors (Lipinski definition) is 5. The van der Waals surface area contributed by atoms with Crippen LogP contribution in [0.1, 0.15) is 44.9 Å². The highest BCUT2D eigenvalue weighted by Crippen LogP contribution is 2.45. The molecule has 0 bridgehead atoms. The lowest BCUT2D eigenvalue weighted by molar-refractivity contribution is -0.176. The normalized spacial score (nSPS) is 26.2. The third kappa shape index (κ3) is 4.48. The van der Waals surface area contributed by atoms with Crippen molar-refractivity contribution in [2.24, 2.45) is 11.8 Å². The molecule has 3 aliphatic rings. The van der Waals surface area contributed by atoms with Crippen molar-refractivity contribution in [3.63, 3.8) is 0 Å². The van der Waals surface area contributed by atoms with Crippen molar-refractivity contribution in [2.45, 2.75) is 44.9 Å². The van der Waals surface area contributed by atoms with Crippen LogP contribution in [0.25, 0.3) is 0 Å². The molecule has 2 aliphatic carbocycles. The van der Waals surface area contributed by atoms with E-state index in [0.29, 0.717) is 5.06 Å². The van der Waals surface area contributed by atoms with Crippen molar-refractivity contribution < 1.29 is 24.0 Å². The average Bonchev–Trinajstić information content (AvgIpc) is 3.11. The summed E-state index contributed by atoms with van der Waals surface area (Å²) in [6.07, 6.45) is 5.70. The van der Waals surface area contributed by atoms with Crippen LogP contribution >= 0.6 is 0 Å². The molecule has 1 saturated heterocycles. The first kappa shape index (κ1) is 15.4. The Morgan fingerprint density at radius 1 is 1.10 bits per heavy atom. The molecule has 114 valence electrons. The lowest BCUT2D eigenvalue weighted by Crippen LogP contribution is -2.31. The van der Waals surface area contributed by atoms with Crippen LogP contribution in [0.2, 0.25) is 0 Å². The molecule has 1 saturated carbocycles. The van der Waals surface area contributed by atoms with Gasteiger partial charge in [0, 0.05) is 25.7 Å². The molecule has 6 nitrogen and oxygen atoms in total. The van der Waals surface area contributed by atoms with Crippen molar-refractivity contribution in [1.82, 2.24) is 5.06 Å². The number of carbonyl (C=O) groups is 3. The van der Waals surface area contributed by atoms with Gasteiger partial charge in [-0.3, -0.25) is 14.4 Å². The fourth-order valence-corrected chi connectivity index (χ4v) is 2.48. The number of hydroxylamine groups is 2. The number of ether oxygens (including phenoxy) is 1. The Bertz CT molecular complexity index is 458. The van der Waals surface area contributed by atoms with Gasteiger partial charge in [0.25, 0.3) is 11.8 Å². The Kier molecular flexibility index (Phi) is 5.20. The first-order valence-electron chi connectivity index (χ1n) is 7.19. The Labute approximate surface area is 123 Å². The summed E-state index contributed by atoms with van der Waals surface area (Å²) in [5.74, 6) is 7.51. The van der Waals surface area contributed by atoms with E-state index in [-0.39, 0.29) is 12.8 Å². The Morgan fingerprint density at radius 3 is 2.10 bits per heavy atom. The summed E-state index contributed by atoms with van der Waals surface area (Å²) < 4.78 is 4.10. The number of nitrogens with zero attached hydrogens (tertiary/aromatic N) is 1. The summed E-state index contributed by atoms with van der Waals surface area (Å²) >= 11 is 0. The minimum atomic E-state index is -1.07. The standard InChI is InChI=1S/C9H12.C6H7NO5/c1-2-4-6-9-7-8(9)5-3-1;1-11-6(10)12-7-4(8)2-3-5(7)9/h8-9H,3-7H2;2-3H2,1H3/t8-,9+;. The molecule has 0 aromatic rings. The van der Waals surface area contributed by atoms with E-state index in [1.165, 1.54) is 32.1 Å². The van der Waals surface area contributed by atoms with Crippen LogP contribution in [0.3, 0.4) is 0 Å². The summed E-state index contributed by atoms with van der Waals surface area (Å²) in [7, 11) is 1.09. The molecule has 0 unspecified atom stereocenters. The second kappa shape index (κ2) is 7.11. The Hall–Kier alpha value is -2.03. The molecule has 0 spiro atoms. The maximum Gasteiger partial charge on any atom is 0.533 e. The van der Waals surface area contributed by atoms with E-state index < -0.39 is 18.0 Å². The summed E-state index contributed by atoms with van der Waals surface area (Å²) in [5.41, 5.74) is 0. The van der Waals surface area contributed by atoms with Gasteiger partial charge in [-0.2, -0.15) is 0 Å². The number of hydrogen-bond donors (Lipinski definition) is 0. The Balaban J connectivity index is 0.000000159. The largest absolute Gasteiger partial charge is 0.533 e. The summed E-state index contributed by atoms with van der Waals surface area (Å²) in [6.45, 7) is 0. The van der Waals surface area contributed by atoms with Crippen molar-refractivity contribution in [1.29, 1.82) is 0 Å². The maximum absolute atomic E-state index is 10.8. The number of rotatable bonds is 1. The van der Waals surface area contributed by atoms with E-state index in [2.05, 4.69) is 21.4 Å². The van der Waals surface area contributed by atoms with Gasteiger partial charge in [0.05, 0.1) is 7.11 Å². The van der Waals surface area contributed by atoms with E-state index in [4.69, 9.17) is 0 Å². The fraction of sp³-hybridized carbons (Fsp3) is 0.667. The molecule has 2 atom stereocenters. The van der Waals surface area contributed by atoms with Gasteiger partial charge >= 0.3 is 6.16 Å². The van der Waals surface area contributed by atoms with Gasteiger partial charge in [0.2, 0.25) is 0 Å². The third-order valence-corrected chi connectivity index (χ3v) is 3.81. The summed E-state index contributed by atoms with van der Waals surface area (Å²) in [6, 6.07) is 0. The van der Waals surface area contributed by atoms with Crippen LogP contribution in [0.4, 0.5) is 4.79 Å². The van der Waals surface area contributed by atoms with Gasteiger partial charge < -0.3 is 4.74 Å². The van der Waals surface area contributed by atoms with Gasteiger partial charge in [-0.15, -0.1) is 11.8 Å². The van der Waals surface area contributed by atoms with Crippen LogP contribution in [0, 0.1) is 23.7 Å². The van der Waals surface area contributed by atoms with Gasteiger partial charge in [-0.25, -0.2) is 4.79 Å². The second-order valence-electron chi connectivity index (χ2n) is 5.31. The quantitative estimate of drug-likeness (QED) is 0.420. The van der Waals surface area contributed by atoms with Crippen LogP contribution in [0.15, 0.2) is 0 Å². The number of fused-ring (bicyclic) bond motifs is 1. The monoisotopic (exact) mass is 293 g/mol. The topological polar surface area (TPSA) is 72.9 Å². The van der Waals surface area contributed by atoms with Gasteiger partial charge in [0.15, 0.2) is 0 Å². The molecular weight excluding hydrogens is 274 g/mol. The molecular formula is C15H19NO5. The Morgan fingerprint density at radius 2 is 1.62 bits per heavy atom. The first-order chi connectivity index (χ1) is 10.1. The molecule has 0 N–H and O–H groups in total. The van der Waals surface area contributed by atoms with Gasteiger partial charge in [-0.05, 0) is 31.1 Å². The minimum Gasteiger partial charge on any atom is -0.436 e. The van der Waals surface area contributed by atoms with Gasteiger partial charge in [-0.1, -0.05) is 5.06 Å². The molecule has 1 heterocycles. The van der Waals surface area contributed by atoms with Crippen LogP contribution in [-0.2, 0) is 19.2 Å². The van der Waals surface area contributed by atoms with E-state index in [0.717, 1.165) is 18.9 Å². The number of amides is 2. The zero-order chi connectivity index (χ0) is 15.2. The predicted molar refractivity (Wildman–Crippen MR) is 72.4 cm³/mol. The zero-order valence-corrected chi connectivity index (χ0v) is 12.1. The van der Waals surface area contributed by atoms with Crippen LogP contribution in [0.5, 0.6) is 0 Å². The fourth-order valence-electron chi connectivity index (χ4n) is 2.48. The molecule has 0 aromatic heterocycles. The van der Waals surface area contributed by atoms with E-state index in [1.54, 1.807) is 0 Å². The van der Waals surface area contributed by atoms with Crippen molar-refractivity contribution >= 4 is 18.0 Å². The number of imide groups is 1. The average molecular weight is 293 g/mol. The molecule has 0 radical (unpaired) electrons. The first-order valence-corrected chi connectivity index (χ1v) is 7.19. The number of carbonyl (C=O) groups excluding carboxylic acids is 3. The van der Waals surface area contributed by atoms with E-state index in [1.807, 2.05) is 0 Å². The van der Waals surface area contributed by atoms with E-state index >= 15 is 0 Å². The molecule has 6 heteroatoms. The highest BCUT2D eigenvalue weighted by Gasteiger charge is 2.35. The SMILES string of the molecule is C1#CCC[C@H]2C[C@H]2CC1.COC(=O)ON1C(=O)CCC1=O. The molecule has 0 aromatic carbocycles. The second-order valence-corrected chi connectivity index (χ2v) is 5.31. The molecule has 2 amide bonds. The number of methoxy groups -OCH3 is 1. The zero-order valence-electron chi connectivity index (χ0n) is 12.1.